The normalized spacial score (nSPS) is 21.2. The number of aromatic amines is 1. The van der Waals surface area contributed by atoms with Crippen LogP contribution in [0.3, 0.4) is 0 Å². The Morgan fingerprint density at radius 1 is 1.05 bits per heavy atom. The highest BCUT2D eigenvalue weighted by Gasteiger charge is 2.48. The van der Waals surface area contributed by atoms with Gasteiger partial charge in [0, 0.05) is 22.7 Å². The Morgan fingerprint density at radius 3 is 2.59 bits per heavy atom. The molecule has 1 aliphatic heterocycles. The lowest BCUT2D eigenvalue weighted by molar-refractivity contribution is -0.124. The van der Waals surface area contributed by atoms with Crippen molar-refractivity contribution in [1.82, 2.24) is 4.98 Å². The molecular formula is C17H12Cl2N2O. The van der Waals surface area contributed by atoms with E-state index in [0.717, 1.165) is 22.2 Å². The first-order valence-electron chi connectivity index (χ1n) is 6.95. The number of benzene rings is 2. The number of aromatic nitrogens is 1. The molecule has 0 amide bonds. The number of para-hydroxylation sites is 2. The zero-order chi connectivity index (χ0) is 15.3. The summed E-state index contributed by atoms with van der Waals surface area (Å²) < 4.78 is 0. The lowest BCUT2D eigenvalue weighted by Gasteiger charge is -2.45. The zero-order valence-electron chi connectivity index (χ0n) is 11.5. The summed E-state index contributed by atoms with van der Waals surface area (Å²) in [7, 11) is 0. The molecule has 2 atom stereocenters. The number of halogens is 2. The van der Waals surface area contributed by atoms with E-state index in [9.17, 15) is 4.79 Å². The van der Waals surface area contributed by atoms with E-state index in [1.807, 2.05) is 53.6 Å². The number of carbonyl (C=O) groups is 1. The number of nitrogens with one attached hydrogen (secondary N) is 1. The molecule has 1 aromatic heterocycles. The molecule has 4 rings (SSSR count). The Labute approximate surface area is 137 Å². The molecule has 110 valence electrons. The molecule has 0 spiro atoms. The number of rotatable bonds is 2. The van der Waals surface area contributed by atoms with Gasteiger partial charge in [0.15, 0.2) is 11.3 Å². The average molecular weight is 331 g/mol. The molecule has 1 aliphatic rings. The van der Waals surface area contributed by atoms with Crippen LogP contribution in [-0.2, 0) is 4.79 Å². The highest BCUT2D eigenvalue weighted by molar-refractivity contribution is 6.39. The van der Waals surface area contributed by atoms with Crippen LogP contribution < -0.4 is 4.90 Å². The van der Waals surface area contributed by atoms with Crippen molar-refractivity contribution in [3.05, 3.63) is 65.3 Å². The first-order chi connectivity index (χ1) is 10.7. The summed E-state index contributed by atoms with van der Waals surface area (Å²) in [5.41, 5.74) is 2.03. The number of hydrogen-bond acceptors (Lipinski definition) is 2. The van der Waals surface area contributed by atoms with Crippen LogP contribution in [0.4, 0.5) is 5.69 Å². The van der Waals surface area contributed by atoms with E-state index in [-0.39, 0.29) is 5.78 Å². The fourth-order valence-electron chi connectivity index (χ4n) is 3.00. The molecule has 0 bridgehead atoms. The van der Waals surface area contributed by atoms with E-state index in [1.165, 1.54) is 0 Å². The summed E-state index contributed by atoms with van der Waals surface area (Å²) in [6.07, 6.45) is 1.87. The standard InChI is InChI=1S/C17H12Cl2N2O/c18-12-6-2-4-8-14(12)21-15(16(22)17(21)19)11-9-20-13-7-3-1-5-10(11)13/h1-9,15,17,20H/t15-,17-/m0/s1. The third-order valence-corrected chi connectivity index (χ3v) is 4.82. The minimum Gasteiger partial charge on any atom is -0.361 e. The van der Waals surface area contributed by atoms with Crippen molar-refractivity contribution in [1.29, 1.82) is 0 Å². The van der Waals surface area contributed by atoms with E-state index >= 15 is 0 Å². The van der Waals surface area contributed by atoms with Crippen molar-refractivity contribution in [2.75, 3.05) is 4.90 Å². The minimum atomic E-state index is -0.682. The zero-order valence-corrected chi connectivity index (χ0v) is 13.0. The number of anilines is 1. The van der Waals surface area contributed by atoms with Gasteiger partial charge in [-0.3, -0.25) is 4.79 Å². The second-order valence-electron chi connectivity index (χ2n) is 5.29. The van der Waals surface area contributed by atoms with E-state index in [0.29, 0.717) is 5.02 Å². The fourth-order valence-corrected chi connectivity index (χ4v) is 3.57. The molecule has 22 heavy (non-hydrogen) atoms. The number of Topliss-reactive ketones (excluding diaryl/α,β-unsaturated/α-hetero) is 1. The lowest BCUT2D eigenvalue weighted by Crippen LogP contribution is -2.56. The molecule has 1 saturated heterocycles. The average Bonchev–Trinajstić information content (AvgIpc) is 2.96. The second-order valence-corrected chi connectivity index (χ2v) is 6.11. The predicted octanol–water partition coefficient (Wildman–Crippen LogP) is 4.52. The largest absolute Gasteiger partial charge is 0.361 e. The van der Waals surface area contributed by atoms with E-state index in [2.05, 4.69) is 4.98 Å². The summed E-state index contributed by atoms with van der Waals surface area (Å²) in [6, 6.07) is 14.9. The van der Waals surface area contributed by atoms with Crippen LogP contribution in [0.25, 0.3) is 10.9 Å². The third-order valence-electron chi connectivity index (χ3n) is 4.07. The van der Waals surface area contributed by atoms with Gasteiger partial charge in [-0.15, -0.1) is 0 Å². The van der Waals surface area contributed by atoms with Gasteiger partial charge in [0.25, 0.3) is 0 Å². The molecule has 2 heterocycles. The van der Waals surface area contributed by atoms with Crippen LogP contribution >= 0.6 is 23.2 Å². The third kappa shape index (κ3) is 1.86. The SMILES string of the molecule is O=C1[C@@H](Cl)N(c2ccccc2Cl)[C@H]1c1c[nH]c2ccccc12. The van der Waals surface area contributed by atoms with Gasteiger partial charge < -0.3 is 9.88 Å². The van der Waals surface area contributed by atoms with Crippen molar-refractivity contribution in [2.24, 2.45) is 0 Å². The van der Waals surface area contributed by atoms with Crippen molar-refractivity contribution in [3.63, 3.8) is 0 Å². The second kappa shape index (κ2) is 5.04. The summed E-state index contributed by atoms with van der Waals surface area (Å²) in [4.78, 5) is 17.4. The first kappa shape index (κ1) is 13.7. The highest BCUT2D eigenvalue weighted by Crippen LogP contribution is 2.45. The molecular weight excluding hydrogens is 319 g/mol. The molecule has 2 aromatic carbocycles. The molecule has 1 N–H and O–H groups in total. The molecule has 0 saturated carbocycles. The Bertz CT molecular complexity index is 874. The number of carbonyl (C=O) groups excluding carboxylic acids is 1. The molecule has 0 unspecified atom stereocenters. The lowest BCUT2D eigenvalue weighted by atomic mass is 9.91. The van der Waals surface area contributed by atoms with Gasteiger partial charge in [-0.1, -0.05) is 53.5 Å². The Hall–Kier alpha value is -1.97. The molecule has 0 aliphatic carbocycles. The molecule has 3 nitrogen and oxygen atoms in total. The van der Waals surface area contributed by atoms with Crippen molar-refractivity contribution >= 4 is 45.6 Å². The topological polar surface area (TPSA) is 36.1 Å². The van der Waals surface area contributed by atoms with Gasteiger partial charge in [0.2, 0.25) is 0 Å². The van der Waals surface area contributed by atoms with Crippen LogP contribution in [0.2, 0.25) is 5.02 Å². The van der Waals surface area contributed by atoms with Crippen LogP contribution in [0.1, 0.15) is 11.6 Å². The molecule has 0 radical (unpaired) electrons. The number of fused-ring (bicyclic) bond motifs is 1. The maximum absolute atomic E-state index is 12.4. The Morgan fingerprint density at radius 2 is 1.77 bits per heavy atom. The summed E-state index contributed by atoms with van der Waals surface area (Å²) in [6.45, 7) is 0. The van der Waals surface area contributed by atoms with Gasteiger partial charge in [-0.2, -0.15) is 0 Å². The number of ketones is 1. The number of H-pyrrole nitrogens is 1. The smallest absolute Gasteiger partial charge is 0.197 e. The predicted molar refractivity (Wildman–Crippen MR) is 89.6 cm³/mol. The molecule has 5 heteroatoms. The van der Waals surface area contributed by atoms with Crippen molar-refractivity contribution in [3.8, 4) is 0 Å². The van der Waals surface area contributed by atoms with Gasteiger partial charge in [-0.25, -0.2) is 0 Å². The minimum absolute atomic E-state index is 0.00802. The number of hydrogen-bond donors (Lipinski definition) is 1. The molecule has 1 fully saturated rings. The van der Waals surface area contributed by atoms with Crippen molar-refractivity contribution in [2.45, 2.75) is 11.5 Å². The van der Waals surface area contributed by atoms with E-state index < -0.39 is 11.5 Å². The highest BCUT2D eigenvalue weighted by atomic mass is 35.5. The first-order valence-corrected chi connectivity index (χ1v) is 7.76. The van der Waals surface area contributed by atoms with Crippen LogP contribution in [0.15, 0.2) is 54.7 Å². The van der Waals surface area contributed by atoms with Gasteiger partial charge in [0.1, 0.15) is 6.04 Å². The monoisotopic (exact) mass is 330 g/mol. The Kier molecular flexibility index (Phi) is 3.13. The Balaban J connectivity index is 1.83. The number of nitrogens with zero attached hydrogens (tertiary/aromatic N) is 1. The fraction of sp³-hybridized carbons (Fsp3) is 0.118. The summed E-state index contributed by atoms with van der Waals surface area (Å²) in [5.74, 6) is -0.00802. The van der Waals surface area contributed by atoms with Crippen LogP contribution in [0.5, 0.6) is 0 Å². The summed E-state index contributed by atoms with van der Waals surface area (Å²) in [5, 5.41) is 1.62. The van der Waals surface area contributed by atoms with E-state index in [1.54, 1.807) is 6.07 Å². The van der Waals surface area contributed by atoms with E-state index in [4.69, 9.17) is 23.2 Å². The maximum Gasteiger partial charge on any atom is 0.197 e. The maximum atomic E-state index is 12.4. The van der Waals surface area contributed by atoms with Crippen molar-refractivity contribution < 1.29 is 4.79 Å². The molecule has 3 aromatic rings. The van der Waals surface area contributed by atoms with Crippen LogP contribution in [-0.4, -0.2) is 16.3 Å². The van der Waals surface area contributed by atoms with Crippen LogP contribution in [0, 0.1) is 0 Å². The van der Waals surface area contributed by atoms with Gasteiger partial charge in [0.05, 0.1) is 10.7 Å². The quantitative estimate of drug-likeness (QED) is 0.554. The van der Waals surface area contributed by atoms with Gasteiger partial charge in [-0.05, 0) is 18.2 Å². The summed E-state index contributed by atoms with van der Waals surface area (Å²) >= 11 is 12.5. The van der Waals surface area contributed by atoms with Gasteiger partial charge >= 0.3 is 0 Å². The number of alkyl halides is 1.